The van der Waals surface area contributed by atoms with Gasteiger partial charge in [-0.05, 0) is 128 Å². The molecule has 12 atom stereocenters. The molecular weight excluding hydrogens is 1180 g/mol. The standard InChI is InChI=1S/C80H129NO13/c1-3-5-7-9-11-13-15-17-19-21-23-24-25-26-27-28-29-30-31-32-33-34-35-36-37-38-39-40-41-42-43-44-46-48-50-52-54-56-58-60-62-64-72(85)81-68(69(84)63-61-59-57-55-53-51-49-47-45-22-20-18-16-14-12-10-8-6-4-2)67-91-79-77(90)75(88)78(71(66-83)93-79)94-80-76(89)74(87)73(86)70(65-82)92-80/h5,7,11,13,17,19,23-24,26-27,29-30,32-33,35-36,38-39,41-42,44-47,53,55,61,63,68-71,73-80,82-84,86-90H,3-4,6,8-10,12,14-16,18,20-22,25,28,31,34,37,40,43,48-52,54,56-60,62,64-67H2,1-2H3,(H,81,85)/b7-5-,13-11-,19-17-,24-23-,27-26-,30-29-,33-32-,36-35-,39-38-,42-41-,46-44-,47-45+,55-53+,63-61+. The number of amides is 1. The van der Waals surface area contributed by atoms with Gasteiger partial charge in [0, 0.05) is 6.42 Å². The van der Waals surface area contributed by atoms with Gasteiger partial charge in [0.15, 0.2) is 12.6 Å². The number of carbonyl (C=O) groups is 1. The fourth-order valence-electron chi connectivity index (χ4n) is 10.6. The van der Waals surface area contributed by atoms with Crippen molar-refractivity contribution in [3.05, 3.63) is 170 Å². The third-order valence-electron chi connectivity index (χ3n) is 16.4. The number of hydrogen-bond donors (Lipinski definition) is 9. The van der Waals surface area contributed by atoms with Gasteiger partial charge < -0.3 is 65.1 Å². The zero-order valence-corrected chi connectivity index (χ0v) is 57.9. The van der Waals surface area contributed by atoms with Gasteiger partial charge in [0.25, 0.3) is 0 Å². The van der Waals surface area contributed by atoms with Gasteiger partial charge in [0.1, 0.15) is 48.8 Å². The van der Waals surface area contributed by atoms with Crippen LogP contribution in [-0.2, 0) is 23.7 Å². The van der Waals surface area contributed by atoms with Crippen LogP contribution in [0.25, 0.3) is 0 Å². The first-order chi connectivity index (χ1) is 46.1. The molecule has 0 aromatic carbocycles. The molecule has 0 radical (unpaired) electrons. The fourth-order valence-corrected chi connectivity index (χ4v) is 10.6. The maximum atomic E-state index is 13.3. The Morgan fingerprint density at radius 3 is 1.17 bits per heavy atom. The summed E-state index contributed by atoms with van der Waals surface area (Å²) in [5.41, 5.74) is 0. The van der Waals surface area contributed by atoms with E-state index in [-0.39, 0.29) is 18.9 Å². The van der Waals surface area contributed by atoms with Crippen molar-refractivity contribution in [1.29, 1.82) is 0 Å². The summed E-state index contributed by atoms with van der Waals surface area (Å²) < 4.78 is 22.8. The second-order valence-electron chi connectivity index (χ2n) is 24.6. The Bertz CT molecular complexity index is 2240. The lowest BCUT2D eigenvalue weighted by Crippen LogP contribution is -2.65. The minimum Gasteiger partial charge on any atom is -0.394 e. The van der Waals surface area contributed by atoms with Crippen molar-refractivity contribution in [3.8, 4) is 0 Å². The summed E-state index contributed by atoms with van der Waals surface area (Å²) in [6.45, 7) is 2.64. The molecule has 14 nitrogen and oxygen atoms in total. The van der Waals surface area contributed by atoms with Crippen molar-refractivity contribution in [1.82, 2.24) is 5.32 Å². The van der Waals surface area contributed by atoms with Crippen LogP contribution in [-0.4, -0.2) is 140 Å². The van der Waals surface area contributed by atoms with E-state index in [0.29, 0.717) is 12.8 Å². The van der Waals surface area contributed by atoms with Crippen LogP contribution in [0.3, 0.4) is 0 Å². The van der Waals surface area contributed by atoms with Crippen molar-refractivity contribution in [2.75, 3.05) is 19.8 Å². The molecule has 94 heavy (non-hydrogen) atoms. The molecule has 14 heteroatoms. The molecule has 9 N–H and O–H groups in total. The van der Waals surface area contributed by atoms with Crippen molar-refractivity contribution in [2.45, 2.75) is 306 Å². The van der Waals surface area contributed by atoms with Gasteiger partial charge in [-0.25, -0.2) is 0 Å². The van der Waals surface area contributed by atoms with E-state index in [2.05, 4.69) is 177 Å². The molecule has 2 fully saturated rings. The molecule has 2 saturated heterocycles. The Balaban J connectivity index is 1.66. The average Bonchev–Trinajstić information content (AvgIpc) is 0.794. The van der Waals surface area contributed by atoms with Crippen LogP contribution in [0.2, 0.25) is 0 Å². The van der Waals surface area contributed by atoms with E-state index in [4.69, 9.17) is 18.9 Å². The van der Waals surface area contributed by atoms with Gasteiger partial charge in [-0.3, -0.25) is 4.79 Å². The first-order valence-corrected chi connectivity index (χ1v) is 36.4. The van der Waals surface area contributed by atoms with E-state index >= 15 is 0 Å². The molecule has 0 bridgehead atoms. The van der Waals surface area contributed by atoms with Gasteiger partial charge in [0.2, 0.25) is 5.91 Å². The lowest BCUT2D eigenvalue weighted by Gasteiger charge is -2.46. The topological polar surface area (TPSA) is 228 Å². The summed E-state index contributed by atoms with van der Waals surface area (Å²) in [5.74, 6) is -0.271. The molecule has 1 amide bonds. The quantitative estimate of drug-likeness (QED) is 0.0204. The molecule has 0 saturated carbocycles. The number of aliphatic hydroxyl groups excluding tert-OH is 8. The number of allylic oxidation sites excluding steroid dienone is 27. The summed E-state index contributed by atoms with van der Waals surface area (Å²) >= 11 is 0. The molecule has 0 aromatic heterocycles. The van der Waals surface area contributed by atoms with Gasteiger partial charge in [-0.1, -0.05) is 267 Å². The predicted molar refractivity (Wildman–Crippen MR) is 387 cm³/mol. The Morgan fingerprint density at radius 1 is 0.394 bits per heavy atom. The van der Waals surface area contributed by atoms with Crippen LogP contribution in [0.15, 0.2) is 170 Å². The van der Waals surface area contributed by atoms with Crippen molar-refractivity contribution in [3.63, 3.8) is 0 Å². The zero-order chi connectivity index (χ0) is 68.0. The van der Waals surface area contributed by atoms with Crippen LogP contribution in [0.5, 0.6) is 0 Å². The van der Waals surface area contributed by atoms with Crippen molar-refractivity contribution in [2.24, 2.45) is 0 Å². The molecule has 0 aromatic rings. The van der Waals surface area contributed by atoms with E-state index < -0.39 is 86.8 Å². The van der Waals surface area contributed by atoms with Crippen LogP contribution in [0, 0.1) is 0 Å². The highest BCUT2D eigenvalue weighted by Crippen LogP contribution is 2.30. The maximum Gasteiger partial charge on any atom is 0.220 e. The molecule has 532 valence electrons. The van der Waals surface area contributed by atoms with Crippen LogP contribution >= 0.6 is 0 Å². The Hall–Kier alpha value is -4.65. The molecular formula is C80H129NO13. The number of aliphatic hydroxyl groups is 8. The Labute approximate surface area is 568 Å². The molecule has 2 aliphatic rings. The highest BCUT2D eigenvalue weighted by atomic mass is 16.7. The third kappa shape index (κ3) is 45.0. The van der Waals surface area contributed by atoms with Crippen LogP contribution in [0.4, 0.5) is 0 Å². The third-order valence-corrected chi connectivity index (χ3v) is 16.4. The number of hydrogen-bond acceptors (Lipinski definition) is 13. The van der Waals surface area contributed by atoms with Gasteiger partial charge >= 0.3 is 0 Å². The highest BCUT2D eigenvalue weighted by Gasteiger charge is 2.51. The molecule has 0 aliphatic carbocycles. The second kappa shape index (κ2) is 61.9. The first-order valence-electron chi connectivity index (χ1n) is 36.4. The number of ether oxygens (including phenoxy) is 4. The fraction of sp³-hybridized carbons (Fsp3) is 0.637. The van der Waals surface area contributed by atoms with Gasteiger partial charge in [-0.2, -0.15) is 0 Å². The normalized spacial score (nSPS) is 23.5. The average molecular weight is 1310 g/mol. The van der Waals surface area contributed by atoms with E-state index in [1.54, 1.807) is 6.08 Å². The minimum atomic E-state index is -1.80. The lowest BCUT2D eigenvalue weighted by atomic mass is 9.97. The lowest BCUT2D eigenvalue weighted by molar-refractivity contribution is -0.359. The summed E-state index contributed by atoms with van der Waals surface area (Å²) in [6.07, 6.45) is 79.8. The first kappa shape index (κ1) is 85.4. The Kier molecular flexibility index (Phi) is 56.3. The maximum absolute atomic E-state index is 13.3. The van der Waals surface area contributed by atoms with Gasteiger partial charge in [-0.15, -0.1) is 0 Å². The SMILES string of the molecule is CC/C=C\C/C=C\C/C=C\C/C=C\C/C=C\C/C=C\C/C=C\C/C=C\C/C=C\C/C=C\C/C=C\CCCCCCCCCC(=O)NC(COC1OC(CO)C(OC2OC(CO)C(O)C(O)C2O)C(O)C1O)C(O)/C=C/CC/C=C/CC/C=C/CCCCCCCCCCC. The summed E-state index contributed by atoms with van der Waals surface area (Å²) in [5, 5.41) is 87.4. The highest BCUT2D eigenvalue weighted by molar-refractivity contribution is 5.76. The van der Waals surface area contributed by atoms with E-state index in [1.807, 2.05) is 6.08 Å². The zero-order valence-electron chi connectivity index (χ0n) is 57.9. The molecule has 2 rings (SSSR count). The molecule has 2 aliphatic heterocycles. The smallest absolute Gasteiger partial charge is 0.220 e. The number of rotatable bonds is 57. The molecule has 2 heterocycles. The van der Waals surface area contributed by atoms with Crippen LogP contribution in [0.1, 0.15) is 232 Å². The summed E-state index contributed by atoms with van der Waals surface area (Å²) in [4.78, 5) is 13.3. The number of unbranched alkanes of at least 4 members (excludes halogenated alkanes) is 18. The second-order valence-corrected chi connectivity index (χ2v) is 24.6. The largest absolute Gasteiger partial charge is 0.394 e. The monoisotopic (exact) mass is 1310 g/mol. The molecule has 12 unspecified atom stereocenters. The van der Waals surface area contributed by atoms with Crippen molar-refractivity contribution < 1.29 is 64.6 Å². The van der Waals surface area contributed by atoms with Gasteiger partial charge in [0.05, 0.1) is 32.0 Å². The van der Waals surface area contributed by atoms with E-state index in [1.165, 1.54) is 57.8 Å². The molecule has 0 spiro atoms. The van der Waals surface area contributed by atoms with Crippen LogP contribution < -0.4 is 5.32 Å². The number of nitrogens with one attached hydrogen (secondary N) is 1. The van der Waals surface area contributed by atoms with Crippen molar-refractivity contribution >= 4 is 5.91 Å². The van der Waals surface area contributed by atoms with E-state index in [9.17, 15) is 45.6 Å². The number of carbonyl (C=O) groups excluding carboxylic acids is 1. The summed E-state index contributed by atoms with van der Waals surface area (Å²) in [6, 6.07) is -0.958. The van der Waals surface area contributed by atoms with E-state index in [0.717, 1.165) is 141 Å². The Morgan fingerprint density at radius 2 is 0.745 bits per heavy atom. The summed E-state index contributed by atoms with van der Waals surface area (Å²) in [7, 11) is 0. The minimum absolute atomic E-state index is 0.246. The predicted octanol–water partition coefficient (Wildman–Crippen LogP) is 15.6.